The fourth-order valence-electron chi connectivity index (χ4n) is 1.04. The Kier molecular flexibility index (Phi) is 2.86. The van der Waals surface area contributed by atoms with E-state index in [1.165, 1.54) is 12.1 Å². The molecule has 3 heteroatoms. The lowest BCUT2D eigenvalue weighted by Crippen LogP contribution is -2.10. The Bertz CT molecular complexity index is 339. The van der Waals surface area contributed by atoms with Crippen molar-refractivity contribution in [2.24, 2.45) is 0 Å². The highest BCUT2D eigenvalue weighted by Crippen LogP contribution is 2.28. The molecule has 2 nitrogen and oxygen atoms in total. The lowest BCUT2D eigenvalue weighted by atomic mass is 10.2. The van der Waals surface area contributed by atoms with Gasteiger partial charge in [0.25, 0.3) is 0 Å². The summed E-state index contributed by atoms with van der Waals surface area (Å²) in [5, 5.41) is 2.90. The summed E-state index contributed by atoms with van der Waals surface area (Å²) in [6.07, 6.45) is 0. The average molecular weight is 178 g/mol. The van der Waals surface area contributed by atoms with Gasteiger partial charge in [-0.05, 0) is 19.9 Å². The highest BCUT2D eigenvalue weighted by Gasteiger charge is 2.08. The maximum atomic E-state index is 13.2. The molecule has 0 aliphatic rings. The van der Waals surface area contributed by atoms with Gasteiger partial charge in [0.2, 0.25) is 5.69 Å². The van der Waals surface area contributed by atoms with Gasteiger partial charge in [0, 0.05) is 6.04 Å². The zero-order valence-electron chi connectivity index (χ0n) is 7.63. The first-order valence-corrected chi connectivity index (χ1v) is 4.07. The van der Waals surface area contributed by atoms with Crippen molar-refractivity contribution < 1.29 is 4.39 Å². The van der Waals surface area contributed by atoms with Gasteiger partial charge in [-0.3, -0.25) is 0 Å². The number of hydrogen-bond acceptors (Lipinski definition) is 1. The molecule has 0 fully saturated rings. The van der Waals surface area contributed by atoms with Crippen LogP contribution in [0.15, 0.2) is 18.2 Å². The van der Waals surface area contributed by atoms with Gasteiger partial charge in [-0.15, -0.1) is 0 Å². The Labute approximate surface area is 77.2 Å². The van der Waals surface area contributed by atoms with E-state index in [1.807, 2.05) is 13.8 Å². The molecule has 1 aromatic carbocycles. The van der Waals surface area contributed by atoms with Crippen molar-refractivity contribution in [3.63, 3.8) is 0 Å². The predicted molar refractivity (Wildman–Crippen MR) is 51.4 cm³/mol. The molecule has 0 saturated carbocycles. The number of para-hydroxylation sites is 1. The number of nitrogens with zero attached hydrogens (tertiary/aromatic N) is 1. The van der Waals surface area contributed by atoms with Crippen LogP contribution < -0.4 is 5.32 Å². The van der Waals surface area contributed by atoms with Gasteiger partial charge in [-0.25, -0.2) is 9.24 Å². The molecule has 1 aromatic rings. The van der Waals surface area contributed by atoms with Crippen LogP contribution in [0.2, 0.25) is 0 Å². The first-order valence-electron chi connectivity index (χ1n) is 4.07. The van der Waals surface area contributed by atoms with Gasteiger partial charge in [-0.1, -0.05) is 12.1 Å². The summed E-state index contributed by atoms with van der Waals surface area (Å²) in [7, 11) is 0. The topological polar surface area (TPSA) is 16.4 Å². The standard InChI is InChI=1S/C10H11FN2/c1-7(2)13-10-8(11)5-4-6-9(10)12-3/h4-7,13H,1-2H3. The first kappa shape index (κ1) is 9.53. The lowest BCUT2D eigenvalue weighted by Gasteiger charge is -2.12. The molecular formula is C10H11FN2. The molecule has 0 aliphatic heterocycles. The zero-order valence-corrected chi connectivity index (χ0v) is 7.63. The predicted octanol–water partition coefficient (Wildman–Crippen LogP) is 3.20. The normalized spacial score (nSPS) is 9.77. The number of halogens is 1. The molecule has 68 valence electrons. The van der Waals surface area contributed by atoms with Crippen LogP contribution in [0.3, 0.4) is 0 Å². The third-order valence-corrected chi connectivity index (χ3v) is 1.55. The zero-order chi connectivity index (χ0) is 9.84. The third kappa shape index (κ3) is 2.19. The monoisotopic (exact) mass is 178 g/mol. The molecule has 0 amide bonds. The maximum absolute atomic E-state index is 13.2. The summed E-state index contributed by atoms with van der Waals surface area (Å²) in [5.74, 6) is -0.373. The second-order valence-corrected chi connectivity index (χ2v) is 3.04. The molecule has 0 heterocycles. The summed E-state index contributed by atoms with van der Waals surface area (Å²) in [6, 6.07) is 4.60. The molecule has 0 radical (unpaired) electrons. The van der Waals surface area contributed by atoms with Gasteiger partial charge >= 0.3 is 0 Å². The Morgan fingerprint density at radius 1 is 1.46 bits per heavy atom. The van der Waals surface area contributed by atoms with E-state index in [9.17, 15) is 4.39 Å². The summed E-state index contributed by atoms with van der Waals surface area (Å²) < 4.78 is 13.2. The van der Waals surface area contributed by atoms with Crippen molar-refractivity contribution in [1.82, 2.24) is 0 Å². The van der Waals surface area contributed by atoms with E-state index in [0.717, 1.165) is 0 Å². The lowest BCUT2D eigenvalue weighted by molar-refractivity contribution is 0.628. The first-order chi connectivity index (χ1) is 6.15. The van der Waals surface area contributed by atoms with Gasteiger partial charge in [-0.2, -0.15) is 0 Å². The highest BCUT2D eigenvalue weighted by molar-refractivity contribution is 5.70. The van der Waals surface area contributed by atoms with Gasteiger partial charge < -0.3 is 5.32 Å². The molecule has 1 rings (SSSR count). The van der Waals surface area contributed by atoms with E-state index < -0.39 is 0 Å². The van der Waals surface area contributed by atoms with Crippen molar-refractivity contribution in [1.29, 1.82) is 0 Å². The second kappa shape index (κ2) is 3.90. The highest BCUT2D eigenvalue weighted by atomic mass is 19.1. The van der Waals surface area contributed by atoms with Crippen LogP contribution in [0.5, 0.6) is 0 Å². The quantitative estimate of drug-likeness (QED) is 0.688. The molecule has 13 heavy (non-hydrogen) atoms. The maximum Gasteiger partial charge on any atom is 0.212 e. The van der Waals surface area contributed by atoms with E-state index >= 15 is 0 Å². The van der Waals surface area contributed by atoms with Gasteiger partial charge in [0.1, 0.15) is 5.82 Å². The second-order valence-electron chi connectivity index (χ2n) is 3.04. The molecule has 0 aromatic heterocycles. The molecule has 0 saturated heterocycles. The number of nitrogens with one attached hydrogen (secondary N) is 1. The number of anilines is 1. The third-order valence-electron chi connectivity index (χ3n) is 1.55. The van der Waals surface area contributed by atoms with Crippen LogP contribution in [0.1, 0.15) is 13.8 Å². The molecular weight excluding hydrogens is 167 g/mol. The van der Waals surface area contributed by atoms with Crippen molar-refractivity contribution in [2.45, 2.75) is 19.9 Å². The van der Waals surface area contributed by atoms with Gasteiger partial charge in [0.15, 0.2) is 0 Å². The van der Waals surface area contributed by atoms with Crippen molar-refractivity contribution in [3.8, 4) is 0 Å². The smallest absolute Gasteiger partial charge is 0.212 e. The van der Waals surface area contributed by atoms with Crippen LogP contribution in [0, 0.1) is 12.4 Å². The summed E-state index contributed by atoms with van der Waals surface area (Å²) in [6.45, 7) is 10.6. The summed E-state index contributed by atoms with van der Waals surface area (Å²) in [4.78, 5) is 3.23. The molecule has 0 spiro atoms. The summed E-state index contributed by atoms with van der Waals surface area (Å²) >= 11 is 0. The Balaban J connectivity index is 3.10. The van der Waals surface area contributed by atoms with E-state index in [2.05, 4.69) is 10.2 Å². The molecule has 0 aliphatic carbocycles. The minimum absolute atomic E-state index is 0.123. The van der Waals surface area contributed by atoms with Crippen LogP contribution in [-0.2, 0) is 0 Å². The van der Waals surface area contributed by atoms with E-state index in [0.29, 0.717) is 11.4 Å². The number of rotatable bonds is 2. The average Bonchev–Trinajstić information content (AvgIpc) is 2.08. The number of hydrogen-bond donors (Lipinski definition) is 1. The van der Waals surface area contributed by atoms with E-state index in [4.69, 9.17) is 6.57 Å². The minimum Gasteiger partial charge on any atom is -0.389 e. The Morgan fingerprint density at radius 3 is 2.69 bits per heavy atom. The molecule has 1 N–H and O–H groups in total. The van der Waals surface area contributed by atoms with Crippen LogP contribution in [-0.4, -0.2) is 6.04 Å². The SMILES string of the molecule is [C-]#[N+]c1cccc(F)c1NC(C)C. The molecule has 0 bridgehead atoms. The molecule has 0 unspecified atom stereocenters. The Morgan fingerprint density at radius 2 is 2.15 bits per heavy atom. The van der Waals surface area contributed by atoms with Crippen molar-refractivity contribution in [3.05, 3.63) is 35.4 Å². The Hall–Kier alpha value is -1.56. The van der Waals surface area contributed by atoms with E-state index in [-0.39, 0.29) is 11.9 Å². The van der Waals surface area contributed by atoms with Gasteiger partial charge in [0.05, 0.1) is 12.3 Å². The van der Waals surface area contributed by atoms with Crippen LogP contribution >= 0.6 is 0 Å². The van der Waals surface area contributed by atoms with Crippen molar-refractivity contribution >= 4 is 11.4 Å². The van der Waals surface area contributed by atoms with Crippen LogP contribution in [0.4, 0.5) is 15.8 Å². The van der Waals surface area contributed by atoms with Crippen LogP contribution in [0.25, 0.3) is 4.85 Å². The van der Waals surface area contributed by atoms with E-state index in [1.54, 1.807) is 6.07 Å². The summed E-state index contributed by atoms with van der Waals surface area (Å²) in [5.41, 5.74) is 0.626. The number of benzene rings is 1. The molecule has 0 atom stereocenters. The largest absolute Gasteiger partial charge is 0.389 e. The fraction of sp³-hybridized carbons (Fsp3) is 0.300. The fourth-order valence-corrected chi connectivity index (χ4v) is 1.04. The van der Waals surface area contributed by atoms with Crippen molar-refractivity contribution in [2.75, 3.05) is 5.32 Å². The minimum atomic E-state index is -0.373.